The van der Waals surface area contributed by atoms with Crippen LogP contribution in [-0.4, -0.2) is 23.7 Å². The predicted octanol–water partition coefficient (Wildman–Crippen LogP) is 2.49. The number of carbonyl (C=O) groups excluding carboxylic acids is 1. The number of nitro benzene ring substituents is 1. The topological polar surface area (TPSA) is 90.7 Å². The number of amides is 1. The Kier molecular flexibility index (Phi) is 4.31. The molecular weight excluding hydrogens is 252 g/mol. The van der Waals surface area contributed by atoms with E-state index in [1.165, 1.54) is 25.3 Å². The first kappa shape index (κ1) is 14.7. The Morgan fingerprint density at radius 1 is 1.32 bits per heavy atom. The molecule has 0 aliphatic rings. The first-order valence-corrected chi connectivity index (χ1v) is 5.56. The molecule has 0 saturated heterocycles. The SMILES string of the molecule is COc1cccc(OC(=O)NC(C)(C)C)c1[N+](=O)[O-]. The second kappa shape index (κ2) is 5.55. The van der Waals surface area contributed by atoms with Crippen LogP contribution in [0.4, 0.5) is 10.5 Å². The summed E-state index contributed by atoms with van der Waals surface area (Å²) in [4.78, 5) is 21.9. The van der Waals surface area contributed by atoms with Crippen LogP contribution < -0.4 is 14.8 Å². The van der Waals surface area contributed by atoms with Gasteiger partial charge in [0.1, 0.15) is 0 Å². The van der Waals surface area contributed by atoms with Crippen LogP contribution in [0.1, 0.15) is 20.8 Å². The van der Waals surface area contributed by atoms with Gasteiger partial charge < -0.3 is 14.8 Å². The lowest BCUT2D eigenvalue weighted by molar-refractivity contribution is -0.386. The van der Waals surface area contributed by atoms with Gasteiger partial charge in [0.25, 0.3) is 0 Å². The number of ether oxygens (including phenoxy) is 2. The fraction of sp³-hybridized carbons (Fsp3) is 0.417. The number of hydrogen-bond donors (Lipinski definition) is 1. The Morgan fingerprint density at radius 2 is 1.89 bits per heavy atom. The molecular formula is C12H16N2O5. The molecule has 0 atom stereocenters. The molecule has 1 aromatic carbocycles. The lowest BCUT2D eigenvalue weighted by atomic mass is 10.1. The van der Waals surface area contributed by atoms with Crippen molar-refractivity contribution in [1.29, 1.82) is 0 Å². The van der Waals surface area contributed by atoms with Gasteiger partial charge in [-0.25, -0.2) is 4.79 Å². The average Bonchev–Trinajstić information content (AvgIpc) is 2.25. The number of nitrogens with one attached hydrogen (secondary N) is 1. The zero-order chi connectivity index (χ0) is 14.6. The number of para-hydroxylation sites is 1. The molecule has 0 aromatic heterocycles. The molecule has 0 aliphatic heterocycles. The van der Waals surface area contributed by atoms with Crippen molar-refractivity contribution in [2.45, 2.75) is 26.3 Å². The third kappa shape index (κ3) is 4.13. The average molecular weight is 268 g/mol. The van der Waals surface area contributed by atoms with Crippen molar-refractivity contribution in [2.75, 3.05) is 7.11 Å². The van der Waals surface area contributed by atoms with Crippen LogP contribution in [0.3, 0.4) is 0 Å². The summed E-state index contributed by atoms with van der Waals surface area (Å²) < 4.78 is 9.83. The van der Waals surface area contributed by atoms with Gasteiger partial charge in [-0.1, -0.05) is 6.07 Å². The molecule has 0 bridgehead atoms. The van der Waals surface area contributed by atoms with E-state index in [0.29, 0.717) is 0 Å². The Balaban J connectivity index is 3.01. The second-order valence-corrected chi connectivity index (χ2v) is 4.83. The highest BCUT2D eigenvalue weighted by Crippen LogP contribution is 2.36. The Labute approximate surface area is 110 Å². The van der Waals surface area contributed by atoms with E-state index in [1.54, 1.807) is 20.8 Å². The lowest BCUT2D eigenvalue weighted by Crippen LogP contribution is -2.42. The zero-order valence-electron chi connectivity index (χ0n) is 11.2. The van der Waals surface area contributed by atoms with Crippen molar-refractivity contribution in [1.82, 2.24) is 5.32 Å². The van der Waals surface area contributed by atoms with Gasteiger partial charge in [-0.05, 0) is 32.9 Å². The molecule has 104 valence electrons. The molecule has 1 rings (SSSR count). The molecule has 0 unspecified atom stereocenters. The van der Waals surface area contributed by atoms with Crippen LogP contribution in [-0.2, 0) is 0 Å². The zero-order valence-corrected chi connectivity index (χ0v) is 11.2. The van der Waals surface area contributed by atoms with Crippen LogP contribution >= 0.6 is 0 Å². The van der Waals surface area contributed by atoms with Crippen molar-refractivity contribution >= 4 is 11.8 Å². The van der Waals surface area contributed by atoms with Gasteiger partial charge in [-0.2, -0.15) is 0 Å². The summed E-state index contributed by atoms with van der Waals surface area (Å²) in [6.45, 7) is 5.32. The van der Waals surface area contributed by atoms with Crippen molar-refractivity contribution in [3.63, 3.8) is 0 Å². The van der Waals surface area contributed by atoms with Gasteiger partial charge in [0.2, 0.25) is 11.5 Å². The van der Waals surface area contributed by atoms with Crippen LogP contribution in [0.5, 0.6) is 11.5 Å². The Bertz CT molecular complexity index is 493. The van der Waals surface area contributed by atoms with Gasteiger partial charge in [-0.15, -0.1) is 0 Å². The van der Waals surface area contributed by atoms with Gasteiger partial charge >= 0.3 is 11.8 Å². The van der Waals surface area contributed by atoms with Crippen molar-refractivity contribution in [3.05, 3.63) is 28.3 Å². The summed E-state index contributed by atoms with van der Waals surface area (Å²) in [5.41, 5.74) is -0.876. The maximum atomic E-state index is 11.6. The summed E-state index contributed by atoms with van der Waals surface area (Å²) in [7, 11) is 1.31. The summed E-state index contributed by atoms with van der Waals surface area (Å²) in [5.74, 6) is -0.128. The van der Waals surface area contributed by atoms with E-state index in [1.807, 2.05) is 0 Å². The van der Waals surface area contributed by atoms with Crippen LogP contribution in [0.25, 0.3) is 0 Å². The summed E-state index contributed by atoms with van der Waals surface area (Å²) in [6.07, 6.45) is -0.760. The largest absolute Gasteiger partial charge is 0.490 e. The molecule has 0 heterocycles. The van der Waals surface area contributed by atoms with Crippen molar-refractivity contribution in [2.24, 2.45) is 0 Å². The highest BCUT2D eigenvalue weighted by atomic mass is 16.6. The molecule has 1 N–H and O–H groups in total. The van der Waals surface area contributed by atoms with E-state index in [0.717, 1.165) is 0 Å². The van der Waals surface area contributed by atoms with Gasteiger partial charge in [0.05, 0.1) is 12.0 Å². The van der Waals surface area contributed by atoms with Crippen molar-refractivity contribution in [3.8, 4) is 11.5 Å². The van der Waals surface area contributed by atoms with E-state index < -0.39 is 16.6 Å². The molecule has 0 spiro atoms. The lowest BCUT2D eigenvalue weighted by Gasteiger charge is -2.19. The van der Waals surface area contributed by atoms with Gasteiger partial charge in [0, 0.05) is 5.54 Å². The number of carbonyl (C=O) groups is 1. The van der Waals surface area contributed by atoms with E-state index >= 15 is 0 Å². The molecule has 7 heteroatoms. The maximum absolute atomic E-state index is 11.6. The first-order valence-electron chi connectivity index (χ1n) is 5.56. The Morgan fingerprint density at radius 3 is 2.37 bits per heavy atom. The summed E-state index contributed by atoms with van der Waals surface area (Å²) in [6, 6.07) is 4.26. The highest BCUT2D eigenvalue weighted by molar-refractivity contribution is 5.73. The van der Waals surface area contributed by atoms with Crippen LogP contribution in [0.15, 0.2) is 18.2 Å². The second-order valence-electron chi connectivity index (χ2n) is 4.83. The summed E-state index contributed by atoms with van der Waals surface area (Å²) >= 11 is 0. The number of nitro groups is 1. The van der Waals surface area contributed by atoms with E-state index in [9.17, 15) is 14.9 Å². The van der Waals surface area contributed by atoms with Crippen LogP contribution in [0, 0.1) is 10.1 Å². The number of rotatable bonds is 3. The monoisotopic (exact) mass is 268 g/mol. The number of methoxy groups -OCH3 is 1. The molecule has 0 aliphatic carbocycles. The third-order valence-electron chi connectivity index (χ3n) is 2.04. The molecule has 0 fully saturated rings. The van der Waals surface area contributed by atoms with Gasteiger partial charge in [-0.3, -0.25) is 10.1 Å². The molecule has 7 nitrogen and oxygen atoms in total. The number of benzene rings is 1. The minimum Gasteiger partial charge on any atom is -0.490 e. The van der Waals surface area contributed by atoms with E-state index in [4.69, 9.17) is 9.47 Å². The van der Waals surface area contributed by atoms with Gasteiger partial charge in [0.15, 0.2) is 0 Å². The quantitative estimate of drug-likeness (QED) is 0.671. The normalized spacial score (nSPS) is 10.7. The van der Waals surface area contributed by atoms with Crippen LogP contribution in [0.2, 0.25) is 0 Å². The summed E-state index contributed by atoms with van der Waals surface area (Å²) in [5, 5.41) is 13.5. The third-order valence-corrected chi connectivity index (χ3v) is 2.04. The standard InChI is InChI=1S/C12H16N2O5/c1-12(2,3)13-11(15)19-9-7-5-6-8(18-4)10(9)14(16)17/h5-7H,1-4H3,(H,13,15). The molecule has 1 amide bonds. The van der Waals surface area contributed by atoms with E-state index in [2.05, 4.69) is 5.32 Å². The molecule has 0 saturated carbocycles. The minimum absolute atomic E-state index is 0.0334. The predicted molar refractivity (Wildman–Crippen MR) is 68.6 cm³/mol. The van der Waals surface area contributed by atoms with Crippen molar-refractivity contribution < 1.29 is 19.2 Å². The Hall–Kier alpha value is -2.31. The van der Waals surface area contributed by atoms with E-state index in [-0.39, 0.29) is 17.2 Å². The fourth-order valence-corrected chi connectivity index (χ4v) is 1.36. The molecule has 1 aromatic rings. The minimum atomic E-state index is -0.760. The highest BCUT2D eigenvalue weighted by Gasteiger charge is 2.25. The number of hydrogen-bond acceptors (Lipinski definition) is 5. The molecule has 0 radical (unpaired) electrons. The first-order chi connectivity index (χ1) is 8.74. The smallest absolute Gasteiger partial charge is 0.413 e. The fourth-order valence-electron chi connectivity index (χ4n) is 1.36. The molecule has 19 heavy (non-hydrogen) atoms. The number of nitrogens with zero attached hydrogens (tertiary/aromatic N) is 1. The maximum Gasteiger partial charge on any atom is 0.413 e.